The number of carbonyl (C=O) groups is 3. The Hall–Kier alpha value is -4.57. The lowest BCUT2D eigenvalue weighted by molar-refractivity contribution is -0.133. The molecule has 5 rings (SSSR count). The molecule has 0 radical (unpaired) electrons. The summed E-state index contributed by atoms with van der Waals surface area (Å²) in [4.78, 5) is 43.1. The zero-order chi connectivity index (χ0) is 36.5. The second-order valence-electron chi connectivity index (χ2n) is 14.1. The summed E-state index contributed by atoms with van der Waals surface area (Å²) in [5.41, 5.74) is 3.58. The number of furan rings is 1. The Morgan fingerprint density at radius 2 is 1.63 bits per heavy atom. The molecule has 0 aliphatic carbocycles. The molecule has 3 atom stereocenters. The minimum absolute atomic E-state index is 0.0549. The number of aryl methyl sites for hydroxylation is 2. The number of Topliss-reactive ketones (excluding diaryl/α,β-unsaturated/α-hetero) is 1. The van der Waals surface area contributed by atoms with Crippen LogP contribution in [0.3, 0.4) is 0 Å². The van der Waals surface area contributed by atoms with Crippen molar-refractivity contribution in [1.29, 1.82) is 0 Å². The van der Waals surface area contributed by atoms with Crippen molar-refractivity contribution in [1.82, 2.24) is 4.90 Å². The summed E-state index contributed by atoms with van der Waals surface area (Å²) in [7, 11) is 0. The van der Waals surface area contributed by atoms with E-state index in [9.17, 15) is 19.5 Å². The van der Waals surface area contributed by atoms with Gasteiger partial charge < -0.3 is 23.7 Å². The van der Waals surface area contributed by atoms with Gasteiger partial charge in [0.1, 0.15) is 23.4 Å². The maximum atomic E-state index is 14.4. The van der Waals surface area contributed by atoms with Crippen LogP contribution in [0.15, 0.2) is 95.4 Å². The largest absolute Gasteiger partial charge is 0.457 e. The van der Waals surface area contributed by atoms with Crippen LogP contribution in [-0.2, 0) is 38.5 Å². The van der Waals surface area contributed by atoms with Gasteiger partial charge in [-0.15, -0.1) is 0 Å². The summed E-state index contributed by atoms with van der Waals surface area (Å²) < 4.78 is 23.7. The van der Waals surface area contributed by atoms with Crippen LogP contribution in [-0.4, -0.2) is 65.4 Å². The number of cyclic esters (lactones) is 1. The predicted molar refractivity (Wildman–Crippen MR) is 194 cm³/mol. The fourth-order valence-corrected chi connectivity index (χ4v) is 6.85. The van der Waals surface area contributed by atoms with Crippen LogP contribution in [0.25, 0.3) is 11.1 Å². The lowest BCUT2D eigenvalue weighted by Crippen LogP contribution is -2.51. The van der Waals surface area contributed by atoms with Gasteiger partial charge in [-0.2, -0.15) is 0 Å². The molecule has 51 heavy (non-hydrogen) atoms. The molecule has 270 valence electrons. The van der Waals surface area contributed by atoms with E-state index in [0.717, 1.165) is 32.7 Å². The molecule has 3 aromatic carbocycles. The van der Waals surface area contributed by atoms with E-state index in [1.165, 1.54) is 0 Å². The number of nitrogens with zero attached hydrogens (tertiary/aromatic N) is 1. The molecule has 9 nitrogen and oxygen atoms in total. The van der Waals surface area contributed by atoms with E-state index in [4.69, 9.17) is 18.6 Å². The van der Waals surface area contributed by atoms with Crippen LogP contribution in [0.4, 0.5) is 4.79 Å². The van der Waals surface area contributed by atoms with Crippen LogP contribution in [0.5, 0.6) is 0 Å². The van der Waals surface area contributed by atoms with Crippen LogP contribution in [0.1, 0.15) is 67.1 Å². The van der Waals surface area contributed by atoms with E-state index >= 15 is 0 Å². The fourth-order valence-electron chi connectivity index (χ4n) is 6.85. The molecule has 1 aliphatic heterocycles. The van der Waals surface area contributed by atoms with Crippen molar-refractivity contribution < 1.29 is 38.1 Å². The summed E-state index contributed by atoms with van der Waals surface area (Å²) in [6.07, 6.45) is -0.0774. The summed E-state index contributed by atoms with van der Waals surface area (Å²) >= 11 is 0. The van der Waals surface area contributed by atoms with E-state index in [0.29, 0.717) is 31.8 Å². The van der Waals surface area contributed by atoms with Crippen molar-refractivity contribution in [2.24, 2.45) is 11.8 Å². The Bertz CT molecular complexity index is 1760. The van der Waals surface area contributed by atoms with Gasteiger partial charge in [-0.3, -0.25) is 9.59 Å². The molecule has 0 spiro atoms. The first-order valence-electron chi connectivity index (χ1n) is 17.7. The minimum atomic E-state index is -1.21. The number of hydrogen-bond acceptors (Lipinski definition) is 8. The molecular weight excluding hydrogens is 646 g/mol. The lowest BCUT2D eigenvalue weighted by atomic mass is 9.86. The zero-order valence-corrected chi connectivity index (χ0v) is 30.2. The van der Waals surface area contributed by atoms with Gasteiger partial charge >= 0.3 is 6.09 Å². The third-order valence-corrected chi connectivity index (χ3v) is 9.21. The van der Waals surface area contributed by atoms with Gasteiger partial charge in [-0.1, -0.05) is 104 Å². The monoisotopic (exact) mass is 695 g/mol. The van der Waals surface area contributed by atoms with Crippen molar-refractivity contribution in [3.8, 4) is 11.1 Å². The molecule has 4 aromatic rings. The van der Waals surface area contributed by atoms with Gasteiger partial charge in [0, 0.05) is 18.6 Å². The van der Waals surface area contributed by atoms with Gasteiger partial charge in [0.2, 0.25) is 11.7 Å². The molecule has 0 saturated carbocycles. The van der Waals surface area contributed by atoms with E-state index < -0.39 is 41.4 Å². The Labute approximate surface area is 300 Å². The summed E-state index contributed by atoms with van der Waals surface area (Å²) in [5.74, 6) is -1.76. The highest BCUT2D eigenvalue weighted by Gasteiger charge is 2.54. The minimum Gasteiger partial charge on any atom is -0.457 e. The highest BCUT2D eigenvalue weighted by Crippen LogP contribution is 2.37. The number of amides is 2. The van der Waals surface area contributed by atoms with Gasteiger partial charge in [-0.05, 0) is 62.3 Å². The second kappa shape index (κ2) is 17.1. The molecule has 2 amide bonds. The highest BCUT2D eigenvalue weighted by molar-refractivity contribution is 6.12. The lowest BCUT2D eigenvalue weighted by Gasteiger charge is -2.32. The smallest absolute Gasteiger partial charge is 0.417 e. The van der Waals surface area contributed by atoms with Crippen molar-refractivity contribution in [3.63, 3.8) is 0 Å². The number of aliphatic hydroxyl groups is 1. The molecule has 1 aliphatic rings. The van der Waals surface area contributed by atoms with Crippen molar-refractivity contribution in [2.75, 3.05) is 19.8 Å². The van der Waals surface area contributed by atoms with Crippen molar-refractivity contribution in [2.45, 2.75) is 78.2 Å². The second-order valence-corrected chi connectivity index (χ2v) is 14.1. The van der Waals surface area contributed by atoms with E-state index in [1.54, 1.807) is 19.9 Å². The maximum Gasteiger partial charge on any atom is 0.417 e. The van der Waals surface area contributed by atoms with Crippen LogP contribution < -0.4 is 0 Å². The molecule has 1 aromatic heterocycles. The number of benzene rings is 3. The zero-order valence-electron chi connectivity index (χ0n) is 30.2. The van der Waals surface area contributed by atoms with Gasteiger partial charge in [0.05, 0.1) is 25.9 Å². The third kappa shape index (κ3) is 9.41. The Morgan fingerprint density at radius 1 is 0.941 bits per heavy atom. The van der Waals surface area contributed by atoms with Crippen molar-refractivity contribution >= 4 is 17.8 Å². The van der Waals surface area contributed by atoms with Gasteiger partial charge in [0.25, 0.3) is 0 Å². The molecule has 2 heterocycles. The number of imide groups is 1. The standard InChI is InChI=1S/C42H49NO8/c1-28(2)39-42(4,5)51-41(47)43(39)40(46)35(23-30-15-8-6-9-16-30)38(45)37-24-34(32-19-12-14-29(3)22-32)36(50-37)20-13-21-48-27-33(25-44)49-26-31-17-10-7-11-18-31/h6-12,14-19,22,24,28,33,35,39,44H,13,20-21,23,25-27H2,1-5H3/t33-,35+,39+/m1/s1. The van der Waals surface area contributed by atoms with Gasteiger partial charge in [0.15, 0.2) is 5.76 Å². The number of carbonyl (C=O) groups excluding carboxylic acids is 3. The molecule has 0 unspecified atom stereocenters. The molecule has 0 bridgehead atoms. The van der Waals surface area contributed by atoms with E-state index in [-0.39, 0.29) is 31.3 Å². The average Bonchev–Trinajstić information content (AvgIpc) is 3.65. The number of ketones is 1. The van der Waals surface area contributed by atoms with Crippen LogP contribution in [0.2, 0.25) is 0 Å². The predicted octanol–water partition coefficient (Wildman–Crippen LogP) is 7.61. The summed E-state index contributed by atoms with van der Waals surface area (Å²) in [6, 6.07) is 28.1. The SMILES string of the molecule is Cc1cccc(-c2cc(C(=O)[C@H](Cc3ccccc3)C(=O)N3C(=O)OC(C)(C)[C@@H]3C(C)C)oc2CCCOC[C@@H](CO)OCc2ccccc2)c1. The number of ether oxygens (including phenoxy) is 3. The summed E-state index contributed by atoms with van der Waals surface area (Å²) in [6.45, 7) is 10.2. The van der Waals surface area contributed by atoms with Gasteiger partial charge in [-0.25, -0.2) is 9.69 Å². The van der Waals surface area contributed by atoms with E-state index in [2.05, 4.69) is 0 Å². The normalized spacial score (nSPS) is 16.6. The fraction of sp³-hybridized carbons (Fsp3) is 0.405. The molecule has 1 N–H and O–H groups in total. The van der Waals surface area contributed by atoms with Crippen LogP contribution in [0, 0.1) is 18.8 Å². The quantitative estimate of drug-likeness (QED) is 0.0682. The Balaban J connectivity index is 1.36. The Morgan fingerprint density at radius 3 is 2.27 bits per heavy atom. The number of rotatable bonds is 17. The topological polar surface area (TPSA) is 116 Å². The first-order chi connectivity index (χ1) is 24.5. The molecule has 9 heteroatoms. The van der Waals surface area contributed by atoms with E-state index in [1.807, 2.05) is 106 Å². The summed E-state index contributed by atoms with van der Waals surface area (Å²) in [5, 5.41) is 9.80. The number of hydrogen-bond donors (Lipinski definition) is 1. The molecule has 1 saturated heterocycles. The average molecular weight is 696 g/mol. The molecular formula is C42H49NO8. The number of aliphatic hydroxyl groups excluding tert-OH is 1. The van der Waals surface area contributed by atoms with Crippen LogP contribution >= 0.6 is 0 Å². The molecule has 1 fully saturated rings. The highest BCUT2D eigenvalue weighted by atomic mass is 16.6. The third-order valence-electron chi connectivity index (χ3n) is 9.21. The first-order valence-corrected chi connectivity index (χ1v) is 17.7. The first kappa shape index (κ1) is 37.7. The maximum absolute atomic E-state index is 14.4. The van der Waals surface area contributed by atoms with Crippen molar-refractivity contribution in [3.05, 3.63) is 119 Å². The Kier molecular flexibility index (Phi) is 12.6.